The number of benzene rings is 2. The SMILES string of the molecule is C=CCc1cc(CCCC2CN(Cc3ccc(C(C)(C)C)cc3)C(=O)N2C)ccc1OC(C)(C)C(=O)O. The van der Waals surface area contributed by atoms with Gasteiger partial charge in [0.15, 0.2) is 5.60 Å². The fourth-order valence-corrected chi connectivity index (χ4v) is 4.65. The number of carbonyl (C=O) groups excluding carboxylic acids is 1. The highest BCUT2D eigenvalue weighted by molar-refractivity contribution is 5.77. The highest BCUT2D eigenvalue weighted by Gasteiger charge is 2.34. The average molecular weight is 507 g/mol. The number of hydrogen-bond donors (Lipinski definition) is 1. The van der Waals surface area contributed by atoms with Gasteiger partial charge >= 0.3 is 12.0 Å². The Kier molecular flexibility index (Phi) is 8.72. The molecule has 0 spiro atoms. The molecule has 1 fully saturated rings. The Morgan fingerprint density at radius 2 is 1.76 bits per heavy atom. The summed E-state index contributed by atoms with van der Waals surface area (Å²) in [5.41, 5.74) is 3.34. The largest absolute Gasteiger partial charge is 0.478 e. The first-order chi connectivity index (χ1) is 17.3. The molecule has 1 N–H and O–H groups in total. The van der Waals surface area contributed by atoms with Crippen molar-refractivity contribution in [1.82, 2.24) is 9.80 Å². The second kappa shape index (κ2) is 11.4. The monoisotopic (exact) mass is 506 g/mol. The summed E-state index contributed by atoms with van der Waals surface area (Å²) in [5.74, 6) is -0.435. The zero-order valence-electron chi connectivity index (χ0n) is 23.2. The summed E-state index contributed by atoms with van der Waals surface area (Å²) in [6.07, 6.45) is 5.14. The molecule has 0 aromatic heterocycles. The third-order valence-electron chi connectivity index (χ3n) is 7.12. The number of hydrogen-bond acceptors (Lipinski definition) is 3. The van der Waals surface area contributed by atoms with Crippen LogP contribution in [0.15, 0.2) is 55.1 Å². The Labute approximate surface area is 221 Å². The third-order valence-corrected chi connectivity index (χ3v) is 7.12. The van der Waals surface area contributed by atoms with Crippen LogP contribution in [0.1, 0.15) is 69.7 Å². The molecule has 0 saturated carbocycles. The number of allylic oxidation sites excluding steroid dienone is 1. The molecule has 0 bridgehead atoms. The Bertz CT molecular complexity index is 1120. The number of urea groups is 1. The number of carboxylic acids is 1. The van der Waals surface area contributed by atoms with Crippen LogP contribution in [0, 0.1) is 0 Å². The van der Waals surface area contributed by atoms with Gasteiger partial charge < -0.3 is 19.6 Å². The predicted molar refractivity (Wildman–Crippen MR) is 148 cm³/mol. The normalized spacial score (nSPS) is 16.3. The van der Waals surface area contributed by atoms with E-state index in [1.165, 1.54) is 11.1 Å². The van der Waals surface area contributed by atoms with Gasteiger partial charge in [-0.05, 0) is 73.3 Å². The molecule has 6 heteroatoms. The molecule has 2 amide bonds. The molecule has 1 unspecified atom stereocenters. The summed E-state index contributed by atoms with van der Waals surface area (Å²) in [6, 6.07) is 14.8. The average Bonchev–Trinajstić information content (AvgIpc) is 3.08. The topological polar surface area (TPSA) is 70.1 Å². The second-order valence-corrected chi connectivity index (χ2v) is 11.6. The number of ether oxygens (including phenoxy) is 1. The Morgan fingerprint density at radius 3 is 2.35 bits per heavy atom. The van der Waals surface area contributed by atoms with Gasteiger partial charge in [0.1, 0.15) is 5.75 Å². The second-order valence-electron chi connectivity index (χ2n) is 11.6. The summed E-state index contributed by atoms with van der Waals surface area (Å²) in [7, 11) is 1.90. The number of amides is 2. The first kappa shape index (κ1) is 28.3. The highest BCUT2D eigenvalue weighted by Crippen LogP contribution is 2.28. The Morgan fingerprint density at radius 1 is 1.11 bits per heavy atom. The van der Waals surface area contributed by atoms with Crippen molar-refractivity contribution >= 4 is 12.0 Å². The molecule has 0 aliphatic carbocycles. The van der Waals surface area contributed by atoms with Crippen LogP contribution < -0.4 is 4.74 Å². The lowest BCUT2D eigenvalue weighted by molar-refractivity contribution is -0.152. The van der Waals surface area contributed by atoms with E-state index in [2.05, 4.69) is 57.7 Å². The number of rotatable bonds is 11. The number of carboxylic acid groups (broad SMARTS) is 1. The summed E-state index contributed by atoms with van der Waals surface area (Å²) in [4.78, 5) is 28.2. The number of carbonyl (C=O) groups is 2. The molecule has 2 aromatic carbocycles. The van der Waals surface area contributed by atoms with E-state index in [4.69, 9.17) is 4.74 Å². The minimum atomic E-state index is -1.31. The number of likely N-dealkylation sites (N-methyl/N-ethyl adjacent to an activating group) is 1. The van der Waals surface area contributed by atoms with Crippen molar-refractivity contribution in [2.75, 3.05) is 13.6 Å². The van der Waals surface area contributed by atoms with Crippen LogP contribution in [0.25, 0.3) is 0 Å². The fourth-order valence-electron chi connectivity index (χ4n) is 4.65. The highest BCUT2D eigenvalue weighted by atomic mass is 16.5. The molecule has 6 nitrogen and oxygen atoms in total. The third kappa shape index (κ3) is 7.15. The predicted octanol–water partition coefficient (Wildman–Crippen LogP) is 6.21. The molecular weight excluding hydrogens is 464 g/mol. The molecule has 1 heterocycles. The van der Waals surface area contributed by atoms with Crippen LogP contribution in [0.2, 0.25) is 0 Å². The lowest BCUT2D eigenvalue weighted by Gasteiger charge is -2.23. The lowest BCUT2D eigenvalue weighted by Crippen LogP contribution is -2.38. The number of aryl methyl sites for hydroxylation is 1. The molecule has 1 aliphatic rings. The summed E-state index contributed by atoms with van der Waals surface area (Å²) in [6.45, 7) is 14.9. The maximum absolute atomic E-state index is 12.9. The van der Waals surface area contributed by atoms with Crippen molar-refractivity contribution in [3.63, 3.8) is 0 Å². The standard InChI is InChI=1S/C31H42N2O4/c1-8-10-24-19-22(15-18-27(24)37-31(5,6)28(34)35)11-9-12-26-21-33(29(36)32(26)7)20-23-13-16-25(17-14-23)30(2,3)4/h8,13-19,26H,1,9-12,20-21H2,2-7H3,(H,34,35). The maximum atomic E-state index is 12.9. The van der Waals surface area contributed by atoms with E-state index in [0.29, 0.717) is 18.7 Å². The van der Waals surface area contributed by atoms with Crippen LogP contribution in [0.3, 0.4) is 0 Å². The number of aliphatic carboxylic acids is 1. The molecule has 37 heavy (non-hydrogen) atoms. The Hall–Kier alpha value is -3.28. The quantitative estimate of drug-likeness (QED) is 0.368. The van der Waals surface area contributed by atoms with Crippen molar-refractivity contribution in [3.05, 3.63) is 77.4 Å². The van der Waals surface area contributed by atoms with Gasteiger partial charge in [-0.3, -0.25) is 0 Å². The van der Waals surface area contributed by atoms with Crippen LogP contribution in [-0.2, 0) is 29.6 Å². The van der Waals surface area contributed by atoms with Gasteiger partial charge in [-0.15, -0.1) is 6.58 Å². The van der Waals surface area contributed by atoms with Gasteiger partial charge in [-0.1, -0.05) is 63.2 Å². The summed E-state index contributed by atoms with van der Waals surface area (Å²) in [5, 5.41) is 9.40. The van der Waals surface area contributed by atoms with E-state index < -0.39 is 11.6 Å². The van der Waals surface area contributed by atoms with E-state index in [0.717, 1.165) is 36.9 Å². The molecule has 1 saturated heterocycles. The fraction of sp³-hybridized carbons (Fsp3) is 0.484. The minimum absolute atomic E-state index is 0.0840. The van der Waals surface area contributed by atoms with Crippen molar-refractivity contribution in [2.45, 2.75) is 83.9 Å². The molecule has 0 radical (unpaired) electrons. The van der Waals surface area contributed by atoms with Gasteiger partial charge in [0, 0.05) is 20.1 Å². The van der Waals surface area contributed by atoms with Crippen LogP contribution >= 0.6 is 0 Å². The van der Waals surface area contributed by atoms with Gasteiger partial charge in [0.2, 0.25) is 0 Å². The van der Waals surface area contributed by atoms with Gasteiger partial charge in [0.25, 0.3) is 0 Å². The molecule has 1 atom stereocenters. The van der Waals surface area contributed by atoms with Gasteiger partial charge in [-0.2, -0.15) is 0 Å². The molecule has 1 aliphatic heterocycles. The summed E-state index contributed by atoms with van der Waals surface area (Å²) < 4.78 is 5.80. The van der Waals surface area contributed by atoms with Crippen LogP contribution in [0.4, 0.5) is 4.79 Å². The van der Waals surface area contributed by atoms with E-state index in [1.54, 1.807) is 19.9 Å². The zero-order chi connectivity index (χ0) is 27.4. The van der Waals surface area contributed by atoms with Gasteiger partial charge in [0.05, 0.1) is 6.04 Å². The summed E-state index contributed by atoms with van der Waals surface area (Å²) >= 11 is 0. The lowest BCUT2D eigenvalue weighted by atomic mass is 9.87. The van der Waals surface area contributed by atoms with Crippen molar-refractivity contribution in [3.8, 4) is 5.75 Å². The van der Waals surface area contributed by atoms with E-state index in [-0.39, 0.29) is 17.5 Å². The number of nitrogens with zero attached hydrogens (tertiary/aromatic N) is 2. The van der Waals surface area contributed by atoms with E-state index in [1.807, 2.05) is 29.0 Å². The van der Waals surface area contributed by atoms with E-state index in [9.17, 15) is 14.7 Å². The molecule has 3 rings (SSSR count). The molecule has 2 aromatic rings. The zero-order valence-corrected chi connectivity index (χ0v) is 23.2. The molecular formula is C31H42N2O4. The van der Waals surface area contributed by atoms with Crippen molar-refractivity contribution in [2.24, 2.45) is 0 Å². The molecule has 200 valence electrons. The minimum Gasteiger partial charge on any atom is -0.478 e. The van der Waals surface area contributed by atoms with Crippen molar-refractivity contribution in [1.29, 1.82) is 0 Å². The first-order valence-corrected chi connectivity index (χ1v) is 13.1. The Balaban J connectivity index is 1.58. The van der Waals surface area contributed by atoms with Crippen LogP contribution in [-0.4, -0.2) is 52.1 Å². The van der Waals surface area contributed by atoms with Crippen LogP contribution in [0.5, 0.6) is 5.75 Å². The maximum Gasteiger partial charge on any atom is 0.347 e. The first-order valence-electron chi connectivity index (χ1n) is 13.1. The van der Waals surface area contributed by atoms with E-state index >= 15 is 0 Å². The smallest absolute Gasteiger partial charge is 0.347 e. The van der Waals surface area contributed by atoms with Gasteiger partial charge in [-0.25, -0.2) is 9.59 Å². The van der Waals surface area contributed by atoms with Crippen molar-refractivity contribution < 1.29 is 19.4 Å².